The van der Waals surface area contributed by atoms with Gasteiger partial charge in [-0.3, -0.25) is 4.79 Å². The zero-order valence-electron chi connectivity index (χ0n) is 16.1. The van der Waals surface area contributed by atoms with Crippen molar-refractivity contribution in [3.63, 3.8) is 0 Å². The fourth-order valence-electron chi connectivity index (χ4n) is 3.22. The zero-order valence-corrected chi connectivity index (χ0v) is 16.1. The topological polar surface area (TPSA) is 35.5 Å². The smallest absolute Gasteiger partial charge is 0.196 e. The Bertz CT molecular complexity index is 774. The van der Waals surface area contributed by atoms with Crippen LogP contribution in [0.25, 0.3) is 6.08 Å². The number of ether oxygens (including phenoxy) is 2. The predicted octanol–water partition coefficient (Wildman–Crippen LogP) is 6.08. The number of carbonyl (C=O) groups excluding carboxylic acids is 1. The minimum Gasteiger partial charge on any atom is -0.494 e. The molecule has 2 aromatic rings. The summed E-state index contributed by atoms with van der Waals surface area (Å²) in [4.78, 5) is 12.6. The molecule has 0 saturated carbocycles. The molecule has 1 aliphatic rings. The van der Waals surface area contributed by atoms with Crippen LogP contribution in [0, 0.1) is 0 Å². The van der Waals surface area contributed by atoms with Gasteiger partial charge in [-0.1, -0.05) is 63.3 Å². The van der Waals surface area contributed by atoms with Crippen molar-refractivity contribution < 1.29 is 14.3 Å². The van der Waals surface area contributed by atoms with Crippen molar-refractivity contribution in [1.29, 1.82) is 0 Å². The summed E-state index contributed by atoms with van der Waals surface area (Å²) >= 11 is 0. The highest BCUT2D eigenvalue weighted by molar-refractivity contribution is 6.14. The van der Waals surface area contributed by atoms with Gasteiger partial charge in [0.25, 0.3) is 0 Å². The van der Waals surface area contributed by atoms with E-state index < -0.39 is 0 Å². The van der Waals surface area contributed by atoms with Crippen LogP contribution in [0.4, 0.5) is 0 Å². The maximum absolute atomic E-state index is 12.6. The standard InChI is InChI=1S/C24H28O3/c1-2-3-4-5-6-9-16-26-21-14-12-19(13-15-21)17-20-18-27-23-11-8-7-10-22(23)24(20)25/h7-8,10-15,17H,2-6,9,16,18H2,1H3. The molecule has 0 radical (unpaired) electrons. The van der Waals surface area contributed by atoms with Crippen LogP contribution in [-0.4, -0.2) is 19.0 Å². The normalized spacial score (nSPS) is 14.7. The van der Waals surface area contributed by atoms with E-state index in [4.69, 9.17) is 9.47 Å². The number of rotatable bonds is 9. The Morgan fingerprint density at radius 2 is 1.70 bits per heavy atom. The highest BCUT2D eigenvalue weighted by Gasteiger charge is 2.22. The largest absolute Gasteiger partial charge is 0.494 e. The number of hydrogen-bond acceptors (Lipinski definition) is 3. The summed E-state index contributed by atoms with van der Waals surface area (Å²) in [5.74, 6) is 1.58. The van der Waals surface area contributed by atoms with E-state index in [1.807, 2.05) is 54.6 Å². The second kappa shape index (κ2) is 9.96. The number of hydrogen-bond donors (Lipinski definition) is 0. The van der Waals surface area contributed by atoms with E-state index in [0.717, 1.165) is 24.3 Å². The van der Waals surface area contributed by atoms with E-state index in [2.05, 4.69) is 6.92 Å². The molecule has 3 rings (SSSR count). The lowest BCUT2D eigenvalue weighted by atomic mass is 9.98. The van der Waals surface area contributed by atoms with E-state index in [0.29, 0.717) is 23.5 Å². The summed E-state index contributed by atoms with van der Waals surface area (Å²) in [6.07, 6.45) is 9.46. The van der Waals surface area contributed by atoms with Crippen LogP contribution < -0.4 is 9.47 Å². The first-order valence-corrected chi connectivity index (χ1v) is 9.98. The zero-order chi connectivity index (χ0) is 18.9. The van der Waals surface area contributed by atoms with Crippen LogP contribution >= 0.6 is 0 Å². The molecule has 3 heteroatoms. The van der Waals surface area contributed by atoms with Crippen LogP contribution in [0.1, 0.15) is 61.4 Å². The Kier molecular flexibility index (Phi) is 7.09. The van der Waals surface area contributed by atoms with Gasteiger partial charge >= 0.3 is 0 Å². The van der Waals surface area contributed by atoms with E-state index >= 15 is 0 Å². The third-order valence-corrected chi connectivity index (χ3v) is 4.79. The maximum Gasteiger partial charge on any atom is 0.196 e. The first-order chi connectivity index (χ1) is 13.3. The van der Waals surface area contributed by atoms with E-state index in [1.54, 1.807) is 0 Å². The number of carbonyl (C=O) groups is 1. The lowest BCUT2D eigenvalue weighted by Gasteiger charge is -2.18. The molecule has 0 spiro atoms. The molecule has 0 N–H and O–H groups in total. The van der Waals surface area contributed by atoms with Crippen LogP contribution in [0.5, 0.6) is 11.5 Å². The molecular formula is C24H28O3. The Labute approximate surface area is 162 Å². The van der Waals surface area contributed by atoms with E-state index in [9.17, 15) is 4.79 Å². The maximum atomic E-state index is 12.6. The quantitative estimate of drug-likeness (QED) is 0.399. The molecule has 0 atom stereocenters. The van der Waals surface area contributed by atoms with Gasteiger partial charge in [0, 0.05) is 5.57 Å². The van der Waals surface area contributed by atoms with E-state index in [1.165, 1.54) is 32.1 Å². The molecule has 27 heavy (non-hydrogen) atoms. The van der Waals surface area contributed by atoms with Gasteiger partial charge in [-0.05, 0) is 42.3 Å². The Balaban J connectivity index is 1.51. The molecule has 0 aromatic heterocycles. The molecule has 0 fully saturated rings. The van der Waals surface area contributed by atoms with Crippen molar-refractivity contribution in [3.8, 4) is 11.5 Å². The fraction of sp³-hybridized carbons (Fsp3) is 0.375. The molecule has 3 nitrogen and oxygen atoms in total. The lowest BCUT2D eigenvalue weighted by Crippen LogP contribution is -2.18. The molecule has 142 valence electrons. The second-order valence-corrected chi connectivity index (χ2v) is 6.97. The summed E-state index contributed by atoms with van der Waals surface area (Å²) < 4.78 is 11.5. The summed E-state index contributed by atoms with van der Waals surface area (Å²) in [6.45, 7) is 3.31. The van der Waals surface area contributed by atoms with Crippen LogP contribution in [0.15, 0.2) is 54.1 Å². The molecular weight excluding hydrogens is 336 g/mol. The van der Waals surface area contributed by atoms with Gasteiger partial charge in [0.05, 0.1) is 12.2 Å². The molecule has 1 aliphatic heterocycles. The van der Waals surface area contributed by atoms with Crippen molar-refractivity contribution in [2.75, 3.05) is 13.2 Å². The van der Waals surface area contributed by atoms with Crippen LogP contribution in [-0.2, 0) is 0 Å². The third kappa shape index (κ3) is 5.46. The van der Waals surface area contributed by atoms with Gasteiger partial charge in [-0.2, -0.15) is 0 Å². The van der Waals surface area contributed by atoms with Crippen molar-refractivity contribution in [3.05, 3.63) is 65.2 Å². The summed E-state index contributed by atoms with van der Waals surface area (Å²) in [5, 5.41) is 0. The van der Waals surface area contributed by atoms with Crippen molar-refractivity contribution >= 4 is 11.9 Å². The lowest BCUT2D eigenvalue weighted by molar-refractivity contribution is 0.100. The van der Waals surface area contributed by atoms with E-state index in [-0.39, 0.29) is 5.78 Å². The average molecular weight is 364 g/mol. The number of Topliss-reactive ketones (excluding diaryl/α,β-unsaturated/α-hetero) is 1. The number of benzene rings is 2. The summed E-state index contributed by atoms with van der Waals surface area (Å²) in [7, 11) is 0. The summed E-state index contributed by atoms with van der Waals surface area (Å²) in [5.41, 5.74) is 2.29. The second-order valence-electron chi connectivity index (χ2n) is 6.97. The van der Waals surface area contributed by atoms with Gasteiger partial charge in [-0.25, -0.2) is 0 Å². The first kappa shape index (κ1) is 19.2. The molecule has 0 amide bonds. The van der Waals surface area contributed by atoms with Gasteiger partial charge in [0.1, 0.15) is 18.1 Å². The van der Waals surface area contributed by atoms with Crippen LogP contribution in [0.3, 0.4) is 0 Å². The predicted molar refractivity (Wildman–Crippen MR) is 110 cm³/mol. The van der Waals surface area contributed by atoms with Gasteiger partial charge in [-0.15, -0.1) is 0 Å². The molecule has 0 bridgehead atoms. The first-order valence-electron chi connectivity index (χ1n) is 9.98. The van der Waals surface area contributed by atoms with Gasteiger partial charge in [0.15, 0.2) is 5.78 Å². The minimum absolute atomic E-state index is 0.0419. The fourth-order valence-corrected chi connectivity index (χ4v) is 3.22. The number of para-hydroxylation sites is 1. The monoisotopic (exact) mass is 364 g/mol. The minimum atomic E-state index is 0.0419. The Hall–Kier alpha value is -2.55. The molecule has 2 aromatic carbocycles. The molecule has 1 heterocycles. The van der Waals surface area contributed by atoms with Crippen molar-refractivity contribution in [1.82, 2.24) is 0 Å². The number of fused-ring (bicyclic) bond motifs is 1. The SMILES string of the molecule is CCCCCCCCOc1ccc(C=C2COc3ccccc3C2=O)cc1. The highest BCUT2D eigenvalue weighted by Crippen LogP contribution is 2.27. The van der Waals surface area contributed by atoms with Gasteiger partial charge in [0.2, 0.25) is 0 Å². The number of unbranched alkanes of at least 4 members (excludes halogenated alkanes) is 5. The molecule has 0 saturated heterocycles. The van der Waals surface area contributed by atoms with Gasteiger partial charge < -0.3 is 9.47 Å². The van der Waals surface area contributed by atoms with Crippen molar-refractivity contribution in [2.45, 2.75) is 45.4 Å². The third-order valence-electron chi connectivity index (χ3n) is 4.79. The highest BCUT2D eigenvalue weighted by atomic mass is 16.5. The number of ketones is 1. The summed E-state index contributed by atoms with van der Waals surface area (Å²) in [6, 6.07) is 15.3. The Morgan fingerprint density at radius 3 is 2.52 bits per heavy atom. The Morgan fingerprint density at radius 1 is 0.963 bits per heavy atom. The molecule has 0 unspecified atom stereocenters. The van der Waals surface area contributed by atoms with Crippen LogP contribution in [0.2, 0.25) is 0 Å². The molecule has 0 aliphatic carbocycles. The average Bonchev–Trinajstić information content (AvgIpc) is 2.71. The van der Waals surface area contributed by atoms with Crippen molar-refractivity contribution in [2.24, 2.45) is 0 Å².